The van der Waals surface area contributed by atoms with E-state index in [1.807, 2.05) is 0 Å². The van der Waals surface area contributed by atoms with Crippen LogP contribution >= 0.6 is 0 Å². The van der Waals surface area contributed by atoms with E-state index in [1.54, 1.807) is 0 Å². The van der Waals surface area contributed by atoms with Crippen molar-refractivity contribution in [3.05, 3.63) is 71.8 Å². The van der Waals surface area contributed by atoms with E-state index in [-0.39, 0.29) is 0 Å². The van der Waals surface area contributed by atoms with Crippen LogP contribution in [0.2, 0.25) is 0 Å². The number of hydrogen-bond acceptors (Lipinski definition) is 2. The van der Waals surface area contributed by atoms with Crippen LogP contribution in [0.15, 0.2) is 60.7 Å². The average Bonchev–Trinajstić information content (AvgIpc) is 3.07. The van der Waals surface area contributed by atoms with Gasteiger partial charge in [-0.3, -0.25) is 0 Å². The average molecular weight is 308 g/mol. The molecule has 2 heteroatoms. The van der Waals surface area contributed by atoms with Gasteiger partial charge in [-0.15, -0.1) is 0 Å². The lowest BCUT2D eigenvalue weighted by Gasteiger charge is -2.19. The summed E-state index contributed by atoms with van der Waals surface area (Å²) in [4.78, 5) is 2.60. The van der Waals surface area contributed by atoms with Crippen LogP contribution in [0, 0.1) is 0 Å². The summed E-state index contributed by atoms with van der Waals surface area (Å²) in [6.45, 7) is 6.97. The van der Waals surface area contributed by atoms with Gasteiger partial charge in [0.2, 0.25) is 0 Å². The lowest BCUT2D eigenvalue weighted by Crippen LogP contribution is -2.35. The minimum absolute atomic E-state index is 0.578. The molecule has 2 unspecified atom stereocenters. The fourth-order valence-electron chi connectivity index (χ4n) is 3.38. The van der Waals surface area contributed by atoms with Gasteiger partial charge >= 0.3 is 0 Å². The number of rotatable bonds is 7. The first-order chi connectivity index (χ1) is 11.3. The summed E-state index contributed by atoms with van der Waals surface area (Å²) in [5, 5.41) is 3.77. The Morgan fingerprint density at radius 3 is 2.48 bits per heavy atom. The molecule has 1 aliphatic rings. The highest BCUT2D eigenvalue weighted by molar-refractivity contribution is 5.19. The molecule has 2 aromatic rings. The van der Waals surface area contributed by atoms with Crippen molar-refractivity contribution in [2.45, 2.75) is 31.7 Å². The molecule has 0 aliphatic carbocycles. The Bertz CT molecular complexity index is 567. The highest BCUT2D eigenvalue weighted by Crippen LogP contribution is 2.15. The maximum absolute atomic E-state index is 3.77. The molecule has 1 fully saturated rings. The lowest BCUT2D eigenvalue weighted by molar-refractivity contribution is 0.331. The maximum atomic E-state index is 3.77. The monoisotopic (exact) mass is 308 g/mol. The van der Waals surface area contributed by atoms with Crippen LogP contribution in [-0.2, 0) is 6.42 Å². The van der Waals surface area contributed by atoms with Gasteiger partial charge in [0.05, 0.1) is 0 Å². The van der Waals surface area contributed by atoms with Gasteiger partial charge in [0.25, 0.3) is 0 Å². The summed E-state index contributed by atoms with van der Waals surface area (Å²) < 4.78 is 0. The van der Waals surface area contributed by atoms with Crippen LogP contribution in [0.25, 0.3) is 0 Å². The first-order valence-electron chi connectivity index (χ1n) is 8.86. The molecule has 122 valence electrons. The van der Waals surface area contributed by atoms with E-state index in [2.05, 4.69) is 77.8 Å². The van der Waals surface area contributed by atoms with Crippen LogP contribution in [0.5, 0.6) is 0 Å². The Morgan fingerprint density at radius 1 is 1.04 bits per heavy atom. The highest BCUT2D eigenvalue weighted by Gasteiger charge is 2.22. The third kappa shape index (κ3) is 4.92. The summed E-state index contributed by atoms with van der Waals surface area (Å²) in [6, 6.07) is 22.3. The van der Waals surface area contributed by atoms with Gasteiger partial charge in [0, 0.05) is 25.7 Å². The number of nitrogens with zero attached hydrogens (tertiary/aromatic N) is 1. The smallest absolute Gasteiger partial charge is 0.0207 e. The summed E-state index contributed by atoms with van der Waals surface area (Å²) in [6.07, 6.45) is 2.43. The second-order valence-corrected chi connectivity index (χ2v) is 6.74. The fourth-order valence-corrected chi connectivity index (χ4v) is 3.38. The third-order valence-corrected chi connectivity index (χ3v) is 4.91. The largest absolute Gasteiger partial charge is 0.312 e. The number of benzene rings is 2. The van der Waals surface area contributed by atoms with Gasteiger partial charge in [-0.05, 0) is 36.4 Å². The molecule has 1 aliphatic heterocycles. The molecule has 0 spiro atoms. The molecule has 0 radical (unpaired) electrons. The van der Waals surface area contributed by atoms with Gasteiger partial charge in [0.15, 0.2) is 0 Å². The molecular weight excluding hydrogens is 280 g/mol. The molecule has 0 bridgehead atoms. The van der Waals surface area contributed by atoms with Gasteiger partial charge in [-0.25, -0.2) is 0 Å². The van der Waals surface area contributed by atoms with Crippen molar-refractivity contribution < 1.29 is 0 Å². The molecule has 23 heavy (non-hydrogen) atoms. The normalized spacial score (nSPS) is 19.8. The zero-order valence-electron chi connectivity index (χ0n) is 14.1. The summed E-state index contributed by atoms with van der Waals surface area (Å²) in [7, 11) is 0. The summed E-state index contributed by atoms with van der Waals surface area (Å²) >= 11 is 0. The zero-order chi connectivity index (χ0) is 15.9. The Hall–Kier alpha value is -1.64. The lowest BCUT2D eigenvalue weighted by atomic mass is 10.0. The van der Waals surface area contributed by atoms with Crippen LogP contribution in [0.3, 0.4) is 0 Å². The quantitative estimate of drug-likeness (QED) is 0.839. The van der Waals surface area contributed by atoms with Gasteiger partial charge < -0.3 is 10.2 Å². The van der Waals surface area contributed by atoms with E-state index >= 15 is 0 Å². The van der Waals surface area contributed by atoms with E-state index in [1.165, 1.54) is 37.2 Å². The van der Waals surface area contributed by atoms with Crippen molar-refractivity contribution in [1.82, 2.24) is 10.2 Å². The summed E-state index contributed by atoms with van der Waals surface area (Å²) in [5.74, 6) is 0.578. The van der Waals surface area contributed by atoms with E-state index < -0.39 is 0 Å². The van der Waals surface area contributed by atoms with Crippen molar-refractivity contribution in [2.24, 2.45) is 0 Å². The molecule has 1 heterocycles. The fraction of sp³-hybridized carbons (Fsp3) is 0.429. The first-order valence-corrected chi connectivity index (χ1v) is 8.86. The van der Waals surface area contributed by atoms with Crippen LogP contribution in [0.1, 0.15) is 30.4 Å². The van der Waals surface area contributed by atoms with Gasteiger partial charge in [0.1, 0.15) is 0 Å². The van der Waals surface area contributed by atoms with E-state index in [0.29, 0.717) is 12.0 Å². The van der Waals surface area contributed by atoms with Crippen LogP contribution in [-0.4, -0.2) is 37.1 Å². The van der Waals surface area contributed by atoms with Gasteiger partial charge in [-0.1, -0.05) is 67.6 Å². The van der Waals surface area contributed by atoms with E-state index in [9.17, 15) is 0 Å². The zero-order valence-corrected chi connectivity index (χ0v) is 14.1. The topological polar surface area (TPSA) is 15.3 Å². The van der Waals surface area contributed by atoms with E-state index in [0.717, 1.165) is 13.0 Å². The second-order valence-electron chi connectivity index (χ2n) is 6.74. The minimum atomic E-state index is 0.578. The molecule has 2 aromatic carbocycles. The van der Waals surface area contributed by atoms with Crippen molar-refractivity contribution in [3.63, 3.8) is 0 Å². The maximum Gasteiger partial charge on any atom is 0.0207 e. The molecule has 2 nitrogen and oxygen atoms in total. The van der Waals surface area contributed by atoms with Crippen LogP contribution < -0.4 is 5.32 Å². The SMILES string of the molecule is CC(CNC1CCN(CCc2ccccc2)C1)c1ccccc1. The minimum Gasteiger partial charge on any atom is -0.312 e. The van der Waals surface area contributed by atoms with Crippen LogP contribution in [0.4, 0.5) is 0 Å². The first kappa shape index (κ1) is 16.2. The van der Waals surface area contributed by atoms with Crippen molar-refractivity contribution in [3.8, 4) is 0 Å². The molecule has 3 rings (SSSR count). The van der Waals surface area contributed by atoms with E-state index in [4.69, 9.17) is 0 Å². The molecule has 1 N–H and O–H groups in total. The highest BCUT2D eigenvalue weighted by atomic mass is 15.2. The standard InChI is InChI=1S/C21H28N2/c1-18(20-10-6-3-7-11-20)16-22-21-13-15-23(17-21)14-12-19-8-4-2-5-9-19/h2-11,18,21-22H,12-17H2,1H3. The van der Waals surface area contributed by atoms with Crippen molar-refractivity contribution in [1.29, 1.82) is 0 Å². The van der Waals surface area contributed by atoms with Gasteiger partial charge in [-0.2, -0.15) is 0 Å². The molecule has 0 saturated carbocycles. The number of hydrogen-bond donors (Lipinski definition) is 1. The van der Waals surface area contributed by atoms with Crippen molar-refractivity contribution in [2.75, 3.05) is 26.2 Å². The van der Waals surface area contributed by atoms with Crippen molar-refractivity contribution >= 4 is 0 Å². The third-order valence-electron chi connectivity index (χ3n) is 4.91. The Labute approximate surface area is 140 Å². The molecular formula is C21H28N2. The molecule has 1 saturated heterocycles. The molecule has 0 amide bonds. The number of nitrogens with one attached hydrogen (secondary N) is 1. The molecule has 2 atom stereocenters. The predicted octanol–water partition coefficient (Wildman–Crippen LogP) is 3.70. The predicted molar refractivity (Wildman–Crippen MR) is 97.9 cm³/mol. The second kappa shape index (κ2) is 8.28. The Balaban J connectivity index is 1.38. The Morgan fingerprint density at radius 2 is 1.74 bits per heavy atom. The summed E-state index contributed by atoms with van der Waals surface area (Å²) in [5.41, 5.74) is 2.88. The molecule has 0 aromatic heterocycles. The number of likely N-dealkylation sites (tertiary alicyclic amines) is 1. The Kier molecular flexibility index (Phi) is 5.84.